The first-order valence-corrected chi connectivity index (χ1v) is 7.39. The van der Waals surface area contributed by atoms with Crippen molar-refractivity contribution in [3.05, 3.63) is 48.3 Å². The lowest BCUT2D eigenvalue weighted by Crippen LogP contribution is -2.25. The lowest BCUT2D eigenvalue weighted by molar-refractivity contribution is 0.0952. The van der Waals surface area contributed by atoms with Gasteiger partial charge in [-0.25, -0.2) is 0 Å². The lowest BCUT2D eigenvalue weighted by Gasteiger charge is -2.07. The molecular formula is C16H22N4O. The average Bonchev–Trinajstić information content (AvgIpc) is 3.03. The van der Waals surface area contributed by atoms with E-state index in [1.807, 2.05) is 41.2 Å². The largest absolute Gasteiger partial charge is 0.385 e. The summed E-state index contributed by atoms with van der Waals surface area (Å²) in [6, 6.07) is 9.47. The molecule has 0 fully saturated rings. The smallest absolute Gasteiger partial charge is 0.251 e. The van der Waals surface area contributed by atoms with Gasteiger partial charge >= 0.3 is 0 Å². The van der Waals surface area contributed by atoms with E-state index in [1.54, 1.807) is 6.20 Å². The van der Waals surface area contributed by atoms with Gasteiger partial charge in [-0.1, -0.05) is 6.92 Å². The quantitative estimate of drug-likeness (QED) is 0.733. The molecule has 0 aliphatic carbocycles. The van der Waals surface area contributed by atoms with E-state index in [4.69, 9.17) is 0 Å². The Labute approximate surface area is 125 Å². The zero-order valence-corrected chi connectivity index (χ0v) is 12.4. The van der Waals surface area contributed by atoms with Crippen LogP contribution in [0.25, 0.3) is 0 Å². The minimum atomic E-state index is -0.0301. The van der Waals surface area contributed by atoms with E-state index in [1.165, 1.54) is 0 Å². The number of nitrogens with one attached hydrogen (secondary N) is 2. The minimum absolute atomic E-state index is 0.0301. The molecule has 5 nitrogen and oxygen atoms in total. The number of hydrogen-bond donors (Lipinski definition) is 2. The van der Waals surface area contributed by atoms with Crippen LogP contribution in [0.5, 0.6) is 0 Å². The van der Waals surface area contributed by atoms with Crippen molar-refractivity contribution in [1.82, 2.24) is 15.1 Å². The summed E-state index contributed by atoms with van der Waals surface area (Å²) in [6.45, 7) is 4.53. The third-order valence-corrected chi connectivity index (χ3v) is 3.13. The fraction of sp³-hybridized carbons (Fsp3) is 0.375. The Morgan fingerprint density at radius 2 is 2.05 bits per heavy atom. The van der Waals surface area contributed by atoms with Crippen LogP contribution in [0.2, 0.25) is 0 Å². The molecule has 1 aromatic carbocycles. The molecule has 0 saturated carbocycles. The minimum Gasteiger partial charge on any atom is -0.385 e. The highest BCUT2D eigenvalue weighted by molar-refractivity contribution is 5.94. The summed E-state index contributed by atoms with van der Waals surface area (Å²) in [5, 5.41) is 10.3. The van der Waals surface area contributed by atoms with Gasteiger partial charge in [-0.2, -0.15) is 5.10 Å². The molecule has 21 heavy (non-hydrogen) atoms. The number of benzene rings is 1. The number of carbonyl (C=O) groups is 1. The van der Waals surface area contributed by atoms with Crippen molar-refractivity contribution in [3.63, 3.8) is 0 Å². The Morgan fingerprint density at radius 1 is 1.24 bits per heavy atom. The van der Waals surface area contributed by atoms with Crippen LogP contribution >= 0.6 is 0 Å². The molecule has 0 atom stereocenters. The summed E-state index contributed by atoms with van der Waals surface area (Å²) >= 11 is 0. The molecule has 2 rings (SSSR count). The second kappa shape index (κ2) is 8.09. The maximum absolute atomic E-state index is 12.0. The van der Waals surface area contributed by atoms with Gasteiger partial charge in [0.25, 0.3) is 5.91 Å². The summed E-state index contributed by atoms with van der Waals surface area (Å²) in [5.41, 5.74) is 1.74. The van der Waals surface area contributed by atoms with Crippen molar-refractivity contribution >= 4 is 11.6 Å². The summed E-state index contributed by atoms with van der Waals surface area (Å²) in [4.78, 5) is 12.0. The summed E-state index contributed by atoms with van der Waals surface area (Å²) in [7, 11) is 0. The monoisotopic (exact) mass is 286 g/mol. The van der Waals surface area contributed by atoms with Crippen molar-refractivity contribution in [2.75, 3.05) is 18.4 Å². The zero-order valence-electron chi connectivity index (χ0n) is 12.4. The number of amides is 1. The van der Waals surface area contributed by atoms with E-state index in [0.29, 0.717) is 12.1 Å². The van der Waals surface area contributed by atoms with Crippen molar-refractivity contribution in [1.29, 1.82) is 0 Å². The van der Waals surface area contributed by atoms with E-state index in [-0.39, 0.29) is 5.91 Å². The van der Waals surface area contributed by atoms with Crippen LogP contribution < -0.4 is 10.6 Å². The molecular weight excluding hydrogens is 264 g/mol. The first-order valence-electron chi connectivity index (χ1n) is 7.39. The number of rotatable bonds is 8. The Kier molecular flexibility index (Phi) is 5.82. The summed E-state index contributed by atoms with van der Waals surface area (Å²) in [5.74, 6) is -0.0301. The standard InChI is InChI=1S/C16H22N4O/c1-2-9-17-15-7-5-14(6-8-15)16(21)18-10-3-12-20-13-4-11-19-20/h4-8,11,13,17H,2-3,9-10,12H2,1H3,(H,18,21). The number of anilines is 1. The third kappa shape index (κ3) is 4.95. The van der Waals surface area contributed by atoms with Crippen LogP contribution in [-0.2, 0) is 6.54 Å². The number of aromatic nitrogens is 2. The van der Waals surface area contributed by atoms with Gasteiger partial charge in [0.1, 0.15) is 0 Å². The van der Waals surface area contributed by atoms with Crippen molar-refractivity contribution in [3.8, 4) is 0 Å². The summed E-state index contributed by atoms with van der Waals surface area (Å²) in [6.07, 6.45) is 5.62. The molecule has 0 aliphatic rings. The first kappa shape index (κ1) is 15.1. The molecule has 0 saturated heterocycles. The number of nitrogens with zero attached hydrogens (tertiary/aromatic N) is 2. The molecule has 1 amide bonds. The Morgan fingerprint density at radius 3 is 2.71 bits per heavy atom. The average molecular weight is 286 g/mol. The Bertz CT molecular complexity index is 534. The van der Waals surface area contributed by atoms with Crippen LogP contribution in [0.4, 0.5) is 5.69 Å². The van der Waals surface area contributed by atoms with Gasteiger partial charge in [0.2, 0.25) is 0 Å². The van der Waals surface area contributed by atoms with Crippen LogP contribution in [0.15, 0.2) is 42.7 Å². The Hall–Kier alpha value is -2.30. The maximum atomic E-state index is 12.0. The third-order valence-electron chi connectivity index (χ3n) is 3.13. The van der Waals surface area contributed by atoms with E-state index in [0.717, 1.165) is 31.6 Å². The van der Waals surface area contributed by atoms with E-state index in [2.05, 4.69) is 22.7 Å². The van der Waals surface area contributed by atoms with Crippen LogP contribution in [0.3, 0.4) is 0 Å². The zero-order chi connectivity index (χ0) is 14.9. The van der Waals surface area contributed by atoms with Crippen LogP contribution in [0, 0.1) is 0 Å². The maximum Gasteiger partial charge on any atom is 0.251 e. The molecule has 0 bridgehead atoms. The van der Waals surface area contributed by atoms with Crippen LogP contribution in [-0.4, -0.2) is 28.8 Å². The lowest BCUT2D eigenvalue weighted by atomic mass is 10.2. The number of carbonyl (C=O) groups excluding carboxylic acids is 1. The molecule has 0 aliphatic heterocycles. The summed E-state index contributed by atoms with van der Waals surface area (Å²) < 4.78 is 1.86. The van der Waals surface area contributed by atoms with Crippen LogP contribution in [0.1, 0.15) is 30.1 Å². The number of hydrogen-bond acceptors (Lipinski definition) is 3. The number of aryl methyl sites for hydroxylation is 1. The van der Waals surface area contributed by atoms with Gasteiger partial charge < -0.3 is 10.6 Å². The van der Waals surface area contributed by atoms with Gasteiger partial charge in [-0.05, 0) is 43.2 Å². The van der Waals surface area contributed by atoms with Crippen molar-refractivity contribution in [2.45, 2.75) is 26.3 Å². The molecule has 2 N–H and O–H groups in total. The molecule has 112 valence electrons. The van der Waals surface area contributed by atoms with Gasteiger partial charge in [0.15, 0.2) is 0 Å². The second-order valence-corrected chi connectivity index (χ2v) is 4.88. The van der Waals surface area contributed by atoms with Gasteiger partial charge in [0, 0.05) is 43.3 Å². The molecule has 2 aromatic rings. The predicted octanol–water partition coefficient (Wildman–Crippen LogP) is 2.53. The van der Waals surface area contributed by atoms with Crippen molar-refractivity contribution < 1.29 is 4.79 Å². The second-order valence-electron chi connectivity index (χ2n) is 4.88. The first-order chi connectivity index (χ1) is 10.3. The topological polar surface area (TPSA) is 59.0 Å². The molecule has 1 heterocycles. The Balaban J connectivity index is 1.72. The molecule has 1 aromatic heterocycles. The van der Waals surface area contributed by atoms with Gasteiger partial charge in [0.05, 0.1) is 0 Å². The highest BCUT2D eigenvalue weighted by Gasteiger charge is 2.04. The van der Waals surface area contributed by atoms with E-state index in [9.17, 15) is 4.79 Å². The van der Waals surface area contributed by atoms with E-state index < -0.39 is 0 Å². The fourth-order valence-corrected chi connectivity index (χ4v) is 1.99. The molecule has 5 heteroatoms. The SMILES string of the molecule is CCCNc1ccc(C(=O)NCCCn2cccn2)cc1. The van der Waals surface area contributed by atoms with Gasteiger partial charge in [-0.3, -0.25) is 9.48 Å². The highest BCUT2D eigenvalue weighted by atomic mass is 16.1. The molecule has 0 unspecified atom stereocenters. The van der Waals surface area contributed by atoms with Crippen molar-refractivity contribution in [2.24, 2.45) is 0 Å². The fourth-order valence-electron chi connectivity index (χ4n) is 1.99. The van der Waals surface area contributed by atoms with E-state index >= 15 is 0 Å². The molecule has 0 radical (unpaired) electrons. The predicted molar refractivity (Wildman–Crippen MR) is 84.4 cm³/mol. The van der Waals surface area contributed by atoms with Gasteiger partial charge in [-0.15, -0.1) is 0 Å². The highest BCUT2D eigenvalue weighted by Crippen LogP contribution is 2.09. The molecule has 0 spiro atoms. The normalized spacial score (nSPS) is 10.3.